The third-order valence-corrected chi connectivity index (χ3v) is 3.73. The molecule has 106 valence electrons. The highest BCUT2D eigenvalue weighted by atomic mass is 16.2. The average molecular weight is 277 g/mol. The number of imidazole rings is 1. The molecule has 3 heterocycles. The molecule has 1 aromatic heterocycles. The van der Waals surface area contributed by atoms with Crippen molar-refractivity contribution in [3.05, 3.63) is 17.7 Å². The van der Waals surface area contributed by atoms with Gasteiger partial charge in [-0.15, -0.1) is 0 Å². The summed E-state index contributed by atoms with van der Waals surface area (Å²) >= 11 is 0. The summed E-state index contributed by atoms with van der Waals surface area (Å²) in [5.41, 5.74) is 1.82. The number of H-pyrrole nitrogens is 1. The van der Waals surface area contributed by atoms with E-state index in [9.17, 15) is 14.4 Å². The zero-order valence-electron chi connectivity index (χ0n) is 11.0. The van der Waals surface area contributed by atoms with Crippen LogP contribution < -0.4 is 10.6 Å². The summed E-state index contributed by atoms with van der Waals surface area (Å²) in [6, 6.07) is -1.09. The number of nitrogens with zero attached hydrogens (tertiary/aromatic N) is 2. The van der Waals surface area contributed by atoms with Crippen LogP contribution >= 0.6 is 0 Å². The molecule has 0 spiro atoms. The Labute approximate surface area is 114 Å². The molecule has 0 bridgehead atoms. The molecule has 2 atom stereocenters. The molecule has 2 unspecified atom stereocenters. The number of hydrogen-bond donors (Lipinski definition) is 3. The van der Waals surface area contributed by atoms with Crippen LogP contribution in [0.4, 0.5) is 0 Å². The van der Waals surface area contributed by atoms with Crippen molar-refractivity contribution in [2.75, 3.05) is 6.54 Å². The van der Waals surface area contributed by atoms with Crippen LogP contribution in [-0.2, 0) is 27.3 Å². The van der Waals surface area contributed by atoms with Crippen LogP contribution in [0.15, 0.2) is 6.33 Å². The first-order chi connectivity index (χ1) is 9.56. The fourth-order valence-corrected chi connectivity index (χ4v) is 2.53. The van der Waals surface area contributed by atoms with Crippen LogP contribution in [0.2, 0.25) is 0 Å². The summed E-state index contributed by atoms with van der Waals surface area (Å²) in [4.78, 5) is 44.0. The van der Waals surface area contributed by atoms with Gasteiger partial charge >= 0.3 is 0 Å². The van der Waals surface area contributed by atoms with Crippen LogP contribution in [-0.4, -0.2) is 51.2 Å². The Balaban J connectivity index is 1.76. The number of carbonyl (C=O) groups is 3. The Morgan fingerprint density at radius 3 is 3.05 bits per heavy atom. The number of aromatic nitrogens is 2. The zero-order valence-corrected chi connectivity index (χ0v) is 11.0. The fourth-order valence-electron chi connectivity index (χ4n) is 2.53. The van der Waals surface area contributed by atoms with Crippen molar-refractivity contribution in [1.29, 1.82) is 0 Å². The van der Waals surface area contributed by atoms with Crippen molar-refractivity contribution in [1.82, 2.24) is 25.5 Å². The van der Waals surface area contributed by atoms with Crippen molar-refractivity contribution in [3.63, 3.8) is 0 Å². The lowest BCUT2D eigenvalue weighted by molar-refractivity contribution is -0.150. The van der Waals surface area contributed by atoms with Crippen LogP contribution in [0.25, 0.3) is 0 Å². The molecule has 8 heteroatoms. The van der Waals surface area contributed by atoms with Gasteiger partial charge in [0.15, 0.2) is 0 Å². The van der Waals surface area contributed by atoms with E-state index in [1.807, 2.05) is 0 Å². The van der Waals surface area contributed by atoms with Crippen molar-refractivity contribution in [2.45, 2.75) is 32.0 Å². The Morgan fingerprint density at radius 2 is 2.25 bits per heavy atom. The maximum Gasteiger partial charge on any atom is 0.249 e. The molecule has 0 aromatic carbocycles. The Morgan fingerprint density at radius 1 is 1.45 bits per heavy atom. The van der Waals surface area contributed by atoms with E-state index in [2.05, 4.69) is 20.6 Å². The summed E-state index contributed by atoms with van der Waals surface area (Å²) < 4.78 is 0. The van der Waals surface area contributed by atoms with Crippen LogP contribution in [0.5, 0.6) is 0 Å². The van der Waals surface area contributed by atoms with E-state index >= 15 is 0 Å². The number of imide groups is 1. The minimum absolute atomic E-state index is 0.0860. The van der Waals surface area contributed by atoms with Crippen molar-refractivity contribution in [2.24, 2.45) is 0 Å². The Kier molecular flexibility index (Phi) is 3.01. The highest BCUT2D eigenvalue weighted by Gasteiger charge is 2.37. The molecule has 1 fully saturated rings. The van der Waals surface area contributed by atoms with E-state index in [1.54, 1.807) is 13.3 Å². The van der Waals surface area contributed by atoms with E-state index in [0.717, 1.165) is 11.4 Å². The van der Waals surface area contributed by atoms with Gasteiger partial charge in [-0.3, -0.25) is 25.0 Å². The predicted molar refractivity (Wildman–Crippen MR) is 67.2 cm³/mol. The summed E-state index contributed by atoms with van der Waals surface area (Å²) in [6.45, 7) is 2.05. The Bertz CT molecular complexity index is 581. The molecular formula is C12H15N5O3. The second kappa shape index (κ2) is 4.71. The first-order valence-corrected chi connectivity index (χ1v) is 6.45. The molecule has 2 aliphatic heterocycles. The van der Waals surface area contributed by atoms with E-state index in [1.165, 1.54) is 4.90 Å². The quantitative estimate of drug-likeness (QED) is 0.530. The van der Waals surface area contributed by atoms with Gasteiger partial charge in [0.2, 0.25) is 17.7 Å². The second-order valence-corrected chi connectivity index (χ2v) is 5.02. The summed E-state index contributed by atoms with van der Waals surface area (Å²) in [5.74, 6) is -1.13. The van der Waals surface area contributed by atoms with Gasteiger partial charge in [0.05, 0.1) is 23.8 Å². The molecular weight excluding hydrogens is 262 g/mol. The van der Waals surface area contributed by atoms with Gasteiger partial charge in [0, 0.05) is 13.0 Å². The Hall–Kier alpha value is -2.22. The van der Waals surface area contributed by atoms with Gasteiger partial charge in [0.1, 0.15) is 12.6 Å². The van der Waals surface area contributed by atoms with Crippen LogP contribution in [0.1, 0.15) is 18.3 Å². The molecule has 3 amide bonds. The van der Waals surface area contributed by atoms with E-state index in [4.69, 9.17) is 0 Å². The number of nitrogens with one attached hydrogen (secondary N) is 3. The summed E-state index contributed by atoms with van der Waals surface area (Å²) in [6.07, 6.45) is 2.05. The van der Waals surface area contributed by atoms with Gasteiger partial charge < -0.3 is 9.88 Å². The first kappa shape index (κ1) is 12.8. The maximum absolute atomic E-state index is 12.5. The number of amides is 3. The monoisotopic (exact) mass is 277 g/mol. The third-order valence-electron chi connectivity index (χ3n) is 3.73. The highest BCUT2D eigenvalue weighted by molar-refractivity contribution is 6.04. The molecule has 8 nitrogen and oxygen atoms in total. The number of fused-ring (bicyclic) bond motifs is 1. The molecule has 3 N–H and O–H groups in total. The summed E-state index contributed by atoms with van der Waals surface area (Å²) in [7, 11) is 0. The molecule has 20 heavy (non-hydrogen) atoms. The molecule has 2 aliphatic rings. The molecule has 0 aliphatic carbocycles. The second-order valence-electron chi connectivity index (χ2n) is 5.02. The predicted octanol–water partition coefficient (Wildman–Crippen LogP) is -1.70. The van der Waals surface area contributed by atoms with Crippen LogP contribution in [0.3, 0.4) is 0 Å². The standard InChI is InChI=1S/C12H15N5O3/c1-6-11(19)16-10(18)4-17(6)12(20)8-2-7-9(3-13-8)15-5-14-7/h5-6,8,13H,2-4H2,1H3,(H,14,15)(H,16,18,19). The van der Waals surface area contributed by atoms with Gasteiger partial charge in [-0.2, -0.15) is 0 Å². The first-order valence-electron chi connectivity index (χ1n) is 6.45. The van der Waals surface area contributed by atoms with Gasteiger partial charge in [-0.25, -0.2) is 4.98 Å². The molecule has 3 rings (SSSR count). The van der Waals surface area contributed by atoms with Gasteiger partial charge in [0.25, 0.3) is 0 Å². The van der Waals surface area contributed by atoms with Crippen molar-refractivity contribution in [3.8, 4) is 0 Å². The lowest BCUT2D eigenvalue weighted by atomic mass is 10.0. The number of aromatic amines is 1. The van der Waals surface area contributed by atoms with Crippen LogP contribution in [0, 0.1) is 0 Å². The molecule has 0 radical (unpaired) electrons. The van der Waals surface area contributed by atoms with E-state index in [-0.39, 0.29) is 12.5 Å². The maximum atomic E-state index is 12.5. The van der Waals surface area contributed by atoms with E-state index < -0.39 is 23.9 Å². The fraction of sp³-hybridized carbons (Fsp3) is 0.500. The smallest absolute Gasteiger partial charge is 0.249 e. The van der Waals surface area contributed by atoms with Gasteiger partial charge in [-0.1, -0.05) is 0 Å². The highest BCUT2D eigenvalue weighted by Crippen LogP contribution is 2.16. The van der Waals surface area contributed by atoms with Gasteiger partial charge in [-0.05, 0) is 6.92 Å². The van der Waals surface area contributed by atoms with E-state index in [0.29, 0.717) is 13.0 Å². The molecule has 1 aromatic rings. The molecule has 0 saturated carbocycles. The molecule has 1 saturated heterocycles. The topological polar surface area (TPSA) is 107 Å². The van der Waals surface area contributed by atoms with Crippen molar-refractivity contribution < 1.29 is 14.4 Å². The SMILES string of the molecule is CC1C(=O)NC(=O)CN1C(=O)C1Cc2nc[nH]c2CN1. The average Bonchev–Trinajstić information content (AvgIpc) is 2.89. The third kappa shape index (κ3) is 2.07. The number of rotatable bonds is 1. The summed E-state index contributed by atoms with van der Waals surface area (Å²) in [5, 5.41) is 5.32. The largest absolute Gasteiger partial charge is 0.347 e. The number of carbonyl (C=O) groups excluding carboxylic acids is 3. The minimum Gasteiger partial charge on any atom is -0.347 e. The van der Waals surface area contributed by atoms with Crippen molar-refractivity contribution >= 4 is 17.7 Å². The minimum atomic E-state index is -0.636. The normalized spacial score (nSPS) is 26.1. The lowest BCUT2D eigenvalue weighted by Crippen LogP contribution is -2.62. The lowest BCUT2D eigenvalue weighted by Gasteiger charge is -2.35. The number of hydrogen-bond acceptors (Lipinski definition) is 5. The number of piperazine rings is 1. The zero-order chi connectivity index (χ0) is 14.3.